The van der Waals surface area contributed by atoms with Crippen molar-refractivity contribution in [1.82, 2.24) is 0 Å². The van der Waals surface area contributed by atoms with Crippen molar-refractivity contribution < 1.29 is 22.3 Å². The van der Waals surface area contributed by atoms with Gasteiger partial charge in [-0.05, 0) is 11.5 Å². The van der Waals surface area contributed by atoms with Gasteiger partial charge in [-0.3, -0.25) is 0 Å². The minimum Gasteiger partial charge on any atom is -0.486 e. The van der Waals surface area contributed by atoms with Crippen molar-refractivity contribution in [3.63, 3.8) is 0 Å². The summed E-state index contributed by atoms with van der Waals surface area (Å²) in [6.45, 7) is -1.33. The van der Waals surface area contributed by atoms with E-state index in [1.807, 2.05) is 0 Å². The highest BCUT2D eigenvalue weighted by molar-refractivity contribution is 5.88. The molecule has 0 saturated heterocycles. The van der Waals surface area contributed by atoms with Crippen molar-refractivity contribution in [2.45, 2.75) is 12.3 Å². The van der Waals surface area contributed by atoms with E-state index >= 15 is 0 Å². The van der Waals surface area contributed by atoms with Gasteiger partial charge in [0.15, 0.2) is 6.61 Å². The molecular weight excluding hydrogens is 248 g/mol. The Balaban J connectivity index is 2.22. The van der Waals surface area contributed by atoms with Gasteiger partial charge in [-0.2, -0.15) is 8.78 Å². The van der Waals surface area contributed by atoms with Gasteiger partial charge >= 0.3 is 12.3 Å². The first-order valence-corrected chi connectivity index (χ1v) is 5.27. The molecule has 2 aromatic rings. The lowest BCUT2D eigenvalue weighted by Crippen LogP contribution is -2.33. The number of alkyl halides is 4. The predicted octanol–water partition coefficient (Wildman–Crippen LogP) is 4.12. The fourth-order valence-electron chi connectivity index (χ4n) is 1.56. The second-order valence-electron chi connectivity index (χ2n) is 3.83. The molecule has 18 heavy (non-hydrogen) atoms. The number of ether oxygens (including phenoxy) is 1. The van der Waals surface area contributed by atoms with E-state index in [1.165, 1.54) is 6.07 Å². The normalized spacial score (nSPS) is 12.1. The Bertz CT molecular complexity index is 534. The van der Waals surface area contributed by atoms with E-state index in [1.54, 1.807) is 36.4 Å². The molecule has 0 radical (unpaired) electrons. The van der Waals surface area contributed by atoms with E-state index in [0.717, 1.165) is 5.39 Å². The number of rotatable bonds is 4. The molecule has 0 heterocycles. The molecule has 2 rings (SSSR count). The van der Waals surface area contributed by atoms with Gasteiger partial charge in [-0.25, -0.2) is 8.78 Å². The molecule has 0 N–H and O–H groups in total. The molecule has 0 spiro atoms. The van der Waals surface area contributed by atoms with Crippen LogP contribution in [0, 0.1) is 0 Å². The van der Waals surface area contributed by atoms with E-state index in [4.69, 9.17) is 4.74 Å². The van der Waals surface area contributed by atoms with Crippen molar-refractivity contribution in [2.24, 2.45) is 0 Å². The summed E-state index contributed by atoms with van der Waals surface area (Å²) < 4.78 is 54.3. The van der Waals surface area contributed by atoms with Gasteiger partial charge < -0.3 is 4.74 Å². The molecule has 2 aromatic carbocycles. The van der Waals surface area contributed by atoms with Gasteiger partial charge in [-0.1, -0.05) is 36.4 Å². The van der Waals surface area contributed by atoms with Crippen LogP contribution in [0.15, 0.2) is 42.5 Å². The highest BCUT2D eigenvalue weighted by Crippen LogP contribution is 2.28. The zero-order chi connectivity index (χ0) is 13.2. The second-order valence-corrected chi connectivity index (χ2v) is 3.83. The Morgan fingerprint density at radius 1 is 1.00 bits per heavy atom. The lowest BCUT2D eigenvalue weighted by atomic mass is 10.1. The van der Waals surface area contributed by atoms with Crippen LogP contribution in [-0.4, -0.2) is 19.0 Å². The van der Waals surface area contributed by atoms with Gasteiger partial charge in [0, 0.05) is 5.39 Å². The number of hydrogen-bond donors (Lipinski definition) is 0. The van der Waals surface area contributed by atoms with Crippen LogP contribution in [-0.2, 0) is 0 Å². The first kappa shape index (κ1) is 12.7. The third-order valence-electron chi connectivity index (χ3n) is 2.49. The van der Waals surface area contributed by atoms with Crippen molar-refractivity contribution in [3.8, 4) is 5.75 Å². The van der Waals surface area contributed by atoms with Crippen LogP contribution in [0.5, 0.6) is 5.75 Å². The fourth-order valence-corrected chi connectivity index (χ4v) is 1.56. The summed E-state index contributed by atoms with van der Waals surface area (Å²) in [6, 6.07) is 11.9. The third kappa shape index (κ3) is 2.55. The molecule has 0 aliphatic rings. The molecule has 0 bridgehead atoms. The minimum atomic E-state index is -4.14. The molecule has 0 aromatic heterocycles. The Hall–Kier alpha value is -1.78. The molecule has 0 unspecified atom stereocenters. The maximum absolute atomic E-state index is 12.8. The van der Waals surface area contributed by atoms with Crippen LogP contribution in [0.3, 0.4) is 0 Å². The van der Waals surface area contributed by atoms with Crippen LogP contribution in [0.25, 0.3) is 10.8 Å². The third-order valence-corrected chi connectivity index (χ3v) is 2.49. The zero-order valence-electron chi connectivity index (χ0n) is 9.25. The molecule has 0 fully saturated rings. The van der Waals surface area contributed by atoms with Crippen LogP contribution in [0.1, 0.15) is 0 Å². The van der Waals surface area contributed by atoms with Crippen molar-refractivity contribution in [1.29, 1.82) is 0 Å². The summed E-state index contributed by atoms with van der Waals surface area (Å²) in [7, 11) is 0. The van der Waals surface area contributed by atoms with Gasteiger partial charge in [0.25, 0.3) is 0 Å². The molecule has 1 nitrogen and oxygen atoms in total. The topological polar surface area (TPSA) is 9.23 Å². The Morgan fingerprint density at radius 2 is 1.67 bits per heavy atom. The van der Waals surface area contributed by atoms with Gasteiger partial charge in [0.05, 0.1) is 0 Å². The maximum atomic E-state index is 12.8. The van der Waals surface area contributed by atoms with Crippen molar-refractivity contribution in [3.05, 3.63) is 42.5 Å². The second kappa shape index (κ2) is 4.84. The quantitative estimate of drug-likeness (QED) is 0.749. The standard InChI is InChI=1S/C13H10F4O/c14-12(15)13(16,17)8-18-11-7-3-5-9-4-1-2-6-10(9)11/h1-7,12H,8H2. The van der Waals surface area contributed by atoms with E-state index in [-0.39, 0.29) is 5.75 Å². The van der Waals surface area contributed by atoms with Gasteiger partial charge in [-0.15, -0.1) is 0 Å². The van der Waals surface area contributed by atoms with E-state index in [2.05, 4.69) is 0 Å². The van der Waals surface area contributed by atoms with Crippen LogP contribution < -0.4 is 4.74 Å². The summed E-state index contributed by atoms with van der Waals surface area (Å²) in [5.74, 6) is -3.97. The summed E-state index contributed by atoms with van der Waals surface area (Å²) in [5.41, 5.74) is 0. The SMILES string of the molecule is FC(F)C(F)(F)COc1cccc2ccccc12. The van der Waals surface area contributed by atoms with E-state index < -0.39 is 19.0 Å². The first-order valence-electron chi connectivity index (χ1n) is 5.27. The molecule has 0 aliphatic carbocycles. The van der Waals surface area contributed by atoms with Crippen molar-refractivity contribution in [2.75, 3.05) is 6.61 Å². The minimum absolute atomic E-state index is 0.174. The number of fused-ring (bicyclic) bond motifs is 1. The molecule has 0 amide bonds. The monoisotopic (exact) mass is 258 g/mol. The summed E-state index contributed by atoms with van der Waals surface area (Å²) in [5, 5.41) is 1.42. The Labute approximate surface area is 101 Å². The molecule has 0 atom stereocenters. The summed E-state index contributed by atoms with van der Waals surface area (Å²) in [6.07, 6.45) is -3.73. The number of benzene rings is 2. The predicted molar refractivity (Wildman–Crippen MR) is 60.4 cm³/mol. The lowest BCUT2D eigenvalue weighted by molar-refractivity contribution is -0.148. The van der Waals surface area contributed by atoms with Gasteiger partial charge in [0.2, 0.25) is 0 Å². The molecule has 0 saturated carbocycles. The average molecular weight is 258 g/mol. The highest BCUT2D eigenvalue weighted by atomic mass is 19.3. The smallest absolute Gasteiger partial charge is 0.340 e. The highest BCUT2D eigenvalue weighted by Gasteiger charge is 2.41. The van der Waals surface area contributed by atoms with Crippen LogP contribution >= 0.6 is 0 Å². The Morgan fingerprint density at radius 3 is 2.39 bits per heavy atom. The fraction of sp³-hybridized carbons (Fsp3) is 0.231. The van der Waals surface area contributed by atoms with E-state index in [0.29, 0.717) is 5.39 Å². The van der Waals surface area contributed by atoms with E-state index in [9.17, 15) is 17.6 Å². The average Bonchev–Trinajstić information content (AvgIpc) is 2.36. The molecule has 5 heteroatoms. The zero-order valence-corrected chi connectivity index (χ0v) is 9.25. The number of hydrogen-bond acceptors (Lipinski definition) is 1. The van der Waals surface area contributed by atoms with Crippen LogP contribution in [0.2, 0.25) is 0 Å². The molecular formula is C13H10F4O. The number of halogens is 4. The van der Waals surface area contributed by atoms with Crippen molar-refractivity contribution >= 4 is 10.8 Å². The van der Waals surface area contributed by atoms with Gasteiger partial charge in [0.1, 0.15) is 5.75 Å². The largest absolute Gasteiger partial charge is 0.486 e. The molecule has 96 valence electrons. The summed E-state index contributed by atoms with van der Waals surface area (Å²) >= 11 is 0. The molecule has 0 aliphatic heterocycles. The lowest BCUT2D eigenvalue weighted by Gasteiger charge is -2.16. The maximum Gasteiger partial charge on any atom is 0.340 e. The summed E-state index contributed by atoms with van der Waals surface area (Å²) in [4.78, 5) is 0. The Kier molecular flexibility index (Phi) is 3.41. The first-order chi connectivity index (χ1) is 8.50. The van der Waals surface area contributed by atoms with Crippen LogP contribution in [0.4, 0.5) is 17.6 Å².